The molecule has 0 aliphatic carbocycles. The highest BCUT2D eigenvalue weighted by molar-refractivity contribution is 8.19. The molecule has 62 valence electrons. The first-order valence-electron chi connectivity index (χ1n) is 3.68. The van der Waals surface area contributed by atoms with Gasteiger partial charge in [0.05, 0.1) is 0 Å². The molecular formula is C8H12OS2. The zero-order chi connectivity index (χ0) is 8.16. The van der Waals surface area contributed by atoms with Gasteiger partial charge in [-0.1, -0.05) is 6.08 Å². The van der Waals surface area contributed by atoms with Gasteiger partial charge in [-0.3, -0.25) is 0 Å². The lowest BCUT2D eigenvalue weighted by molar-refractivity contribution is -0.108. The molecule has 1 saturated heterocycles. The van der Waals surface area contributed by atoms with Gasteiger partial charge in [0.1, 0.15) is 10.4 Å². The summed E-state index contributed by atoms with van der Waals surface area (Å²) in [7, 11) is 0. The van der Waals surface area contributed by atoms with E-state index in [4.69, 9.17) is 0 Å². The Hall–Kier alpha value is 0.110. The van der Waals surface area contributed by atoms with Crippen molar-refractivity contribution < 1.29 is 4.79 Å². The second-order valence-corrected chi connectivity index (χ2v) is 5.58. The van der Waals surface area contributed by atoms with Crippen molar-refractivity contribution in [3.8, 4) is 0 Å². The fraction of sp³-hybridized carbons (Fsp3) is 0.625. The van der Waals surface area contributed by atoms with E-state index in [0.29, 0.717) is 0 Å². The van der Waals surface area contributed by atoms with Crippen molar-refractivity contribution >= 4 is 29.8 Å². The van der Waals surface area contributed by atoms with E-state index in [9.17, 15) is 4.79 Å². The molecule has 0 atom stereocenters. The van der Waals surface area contributed by atoms with Gasteiger partial charge in [0.25, 0.3) is 0 Å². The van der Waals surface area contributed by atoms with E-state index in [1.807, 2.05) is 6.08 Å². The fourth-order valence-corrected chi connectivity index (χ4v) is 3.92. The minimum absolute atomic E-state index is 0.194. The Bertz CT molecular complexity index is 150. The zero-order valence-corrected chi connectivity index (χ0v) is 8.05. The van der Waals surface area contributed by atoms with E-state index in [0.717, 1.165) is 24.2 Å². The van der Waals surface area contributed by atoms with Gasteiger partial charge in [0.15, 0.2) is 0 Å². The van der Waals surface area contributed by atoms with Crippen LogP contribution in [0, 0.1) is 0 Å². The summed E-state index contributed by atoms with van der Waals surface area (Å²) in [6.45, 7) is 3.66. The fourth-order valence-electron chi connectivity index (χ4n) is 1.03. The van der Waals surface area contributed by atoms with Gasteiger partial charge in [-0.05, 0) is 24.3 Å². The van der Waals surface area contributed by atoms with Gasteiger partial charge in [0, 0.05) is 0 Å². The number of rotatable bonds is 3. The predicted molar refractivity (Wildman–Crippen MR) is 53.1 cm³/mol. The highest BCUT2D eigenvalue weighted by Crippen LogP contribution is 2.43. The maximum absolute atomic E-state index is 10.8. The molecule has 0 spiro atoms. The molecule has 1 fully saturated rings. The summed E-state index contributed by atoms with van der Waals surface area (Å²) in [4.78, 5) is 10.8. The molecule has 0 amide bonds. The number of allylic oxidation sites excluding steroid dienone is 1. The van der Waals surface area contributed by atoms with Gasteiger partial charge >= 0.3 is 0 Å². The van der Waals surface area contributed by atoms with E-state index in [1.165, 1.54) is 6.42 Å². The van der Waals surface area contributed by atoms with Crippen molar-refractivity contribution in [2.24, 2.45) is 0 Å². The first-order chi connectivity index (χ1) is 5.33. The summed E-state index contributed by atoms with van der Waals surface area (Å²) in [6.07, 6.45) is 4.93. The molecule has 1 heterocycles. The average molecular weight is 188 g/mol. The van der Waals surface area contributed by atoms with Crippen LogP contribution in [-0.4, -0.2) is 21.9 Å². The van der Waals surface area contributed by atoms with Crippen LogP contribution >= 0.6 is 23.5 Å². The van der Waals surface area contributed by atoms with Crippen molar-refractivity contribution in [1.82, 2.24) is 0 Å². The summed E-state index contributed by atoms with van der Waals surface area (Å²) in [6, 6.07) is 0. The molecule has 0 radical (unpaired) electrons. The van der Waals surface area contributed by atoms with Crippen LogP contribution in [0.3, 0.4) is 0 Å². The molecule has 0 aromatic rings. The van der Waals surface area contributed by atoms with Gasteiger partial charge in [-0.2, -0.15) is 0 Å². The van der Waals surface area contributed by atoms with E-state index in [1.54, 1.807) is 23.5 Å². The van der Waals surface area contributed by atoms with Crippen LogP contribution in [0.25, 0.3) is 0 Å². The number of hydrogen-bond donors (Lipinski definition) is 0. The zero-order valence-electron chi connectivity index (χ0n) is 6.41. The lowest BCUT2D eigenvalue weighted by atomic mass is 10.3. The summed E-state index contributed by atoms with van der Waals surface area (Å²) < 4.78 is -0.194. The Labute approximate surface area is 76.0 Å². The maximum atomic E-state index is 10.8. The molecule has 0 bridgehead atoms. The largest absolute Gasteiger partial charge is 0.301 e. The molecule has 3 heteroatoms. The average Bonchev–Trinajstić information content (AvgIpc) is 2.07. The van der Waals surface area contributed by atoms with E-state index < -0.39 is 0 Å². The molecule has 1 rings (SSSR count). The minimum atomic E-state index is -0.194. The quantitative estimate of drug-likeness (QED) is 0.500. The van der Waals surface area contributed by atoms with Crippen molar-refractivity contribution in [2.75, 3.05) is 11.5 Å². The topological polar surface area (TPSA) is 17.1 Å². The van der Waals surface area contributed by atoms with E-state index in [-0.39, 0.29) is 4.08 Å². The van der Waals surface area contributed by atoms with Crippen molar-refractivity contribution in [3.05, 3.63) is 12.7 Å². The molecule has 0 aromatic carbocycles. The summed E-state index contributed by atoms with van der Waals surface area (Å²) in [5.74, 6) is 2.22. The van der Waals surface area contributed by atoms with Crippen molar-refractivity contribution in [3.63, 3.8) is 0 Å². The monoisotopic (exact) mass is 188 g/mol. The highest BCUT2D eigenvalue weighted by Gasteiger charge is 2.31. The second-order valence-electron chi connectivity index (χ2n) is 2.47. The second kappa shape index (κ2) is 4.21. The third-order valence-electron chi connectivity index (χ3n) is 1.59. The third-order valence-corrected chi connectivity index (χ3v) is 4.79. The Morgan fingerprint density at radius 2 is 2.09 bits per heavy atom. The van der Waals surface area contributed by atoms with Crippen LogP contribution in [-0.2, 0) is 4.79 Å². The standard InChI is InChI=1S/C8H12OS2/c1-2-4-8(7-9)10-5-3-6-11-8/h2,7H,1,3-6H2. The summed E-state index contributed by atoms with van der Waals surface area (Å²) in [5, 5.41) is 0. The molecule has 0 unspecified atom stereocenters. The molecule has 0 N–H and O–H groups in total. The number of thioether (sulfide) groups is 2. The molecule has 1 nitrogen and oxygen atoms in total. The van der Waals surface area contributed by atoms with Gasteiger partial charge in [0.2, 0.25) is 0 Å². The summed E-state index contributed by atoms with van der Waals surface area (Å²) >= 11 is 3.52. The van der Waals surface area contributed by atoms with Gasteiger partial charge < -0.3 is 4.79 Å². The number of carbonyl (C=O) groups is 1. The molecular weight excluding hydrogens is 176 g/mol. The Morgan fingerprint density at radius 3 is 2.55 bits per heavy atom. The lowest BCUT2D eigenvalue weighted by Crippen LogP contribution is -2.25. The maximum Gasteiger partial charge on any atom is 0.146 e. The SMILES string of the molecule is C=CCC1(C=O)SCCCS1. The predicted octanol–water partition coefficient (Wildman–Crippen LogP) is 2.33. The Morgan fingerprint density at radius 1 is 1.45 bits per heavy atom. The van der Waals surface area contributed by atoms with Crippen LogP contribution in [0.2, 0.25) is 0 Å². The smallest absolute Gasteiger partial charge is 0.146 e. The van der Waals surface area contributed by atoms with Crippen LogP contribution in [0.4, 0.5) is 0 Å². The number of carbonyl (C=O) groups excluding carboxylic acids is 1. The lowest BCUT2D eigenvalue weighted by Gasteiger charge is -2.29. The van der Waals surface area contributed by atoms with Gasteiger partial charge in [-0.15, -0.1) is 30.1 Å². The number of hydrogen-bond acceptors (Lipinski definition) is 3. The van der Waals surface area contributed by atoms with Crippen molar-refractivity contribution in [1.29, 1.82) is 0 Å². The normalized spacial score (nSPS) is 22.5. The van der Waals surface area contributed by atoms with E-state index in [2.05, 4.69) is 6.58 Å². The molecule has 11 heavy (non-hydrogen) atoms. The number of aldehydes is 1. The molecule has 1 aliphatic heterocycles. The Kier molecular flexibility index (Phi) is 3.52. The van der Waals surface area contributed by atoms with Gasteiger partial charge in [-0.25, -0.2) is 0 Å². The molecule has 0 saturated carbocycles. The highest BCUT2D eigenvalue weighted by atomic mass is 32.2. The van der Waals surface area contributed by atoms with Crippen LogP contribution in [0.5, 0.6) is 0 Å². The summed E-state index contributed by atoms with van der Waals surface area (Å²) in [5.41, 5.74) is 0. The molecule has 0 aromatic heterocycles. The first-order valence-corrected chi connectivity index (χ1v) is 5.65. The molecule has 1 aliphatic rings. The van der Waals surface area contributed by atoms with E-state index >= 15 is 0 Å². The van der Waals surface area contributed by atoms with Crippen LogP contribution in [0.15, 0.2) is 12.7 Å². The first kappa shape index (κ1) is 9.20. The Balaban J connectivity index is 2.56. The van der Waals surface area contributed by atoms with Crippen LogP contribution < -0.4 is 0 Å². The van der Waals surface area contributed by atoms with Crippen LogP contribution in [0.1, 0.15) is 12.8 Å². The van der Waals surface area contributed by atoms with Crippen molar-refractivity contribution in [2.45, 2.75) is 16.9 Å². The minimum Gasteiger partial charge on any atom is -0.301 e. The third kappa shape index (κ3) is 2.27.